The minimum Gasteiger partial charge on any atom is -0.466 e. The lowest BCUT2D eigenvalue weighted by Gasteiger charge is -2.21. The Kier molecular flexibility index (Phi) is 4.44. The van der Waals surface area contributed by atoms with Gasteiger partial charge < -0.3 is 20.2 Å². The Morgan fingerprint density at radius 3 is 2.70 bits per heavy atom. The van der Waals surface area contributed by atoms with Crippen LogP contribution in [0.15, 0.2) is 22.8 Å². The molecular formula is C14H20N2O4. The third kappa shape index (κ3) is 3.60. The summed E-state index contributed by atoms with van der Waals surface area (Å²) in [7, 11) is 0. The zero-order chi connectivity index (χ0) is 14.6. The molecule has 1 fully saturated rings. The lowest BCUT2D eigenvalue weighted by Crippen LogP contribution is -2.47. The molecule has 0 radical (unpaired) electrons. The van der Waals surface area contributed by atoms with Crippen LogP contribution in [0.4, 0.5) is 0 Å². The van der Waals surface area contributed by atoms with E-state index in [1.807, 2.05) is 0 Å². The van der Waals surface area contributed by atoms with E-state index in [-0.39, 0.29) is 12.6 Å². The van der Waals surface area contributed by atoms with Gasteiger partial charge in [-0.05, 0) is 31.9 Å². The largest absolute Gasteiger partial charge is 0.466 e. The second kappa shape index (κ2) is 6.09. The van der Waals surface area contributed by atoms with Crippen molar-refractivity contribution < 1.29 is 19.1 Å². The zero-order valence-electron chi connectivity index (χ0n) is 11.5. The number of nitrogens with one attached hydrogen (secondary N) is 2. The van der Waals surface area contributed by atoms with E-state index in [0.717, 1.165) is 25.7 Å². The smallest absolute Gasteiger partial charge is 0.309 e. The van der Waals surface area contributed by atoms with Crippen molar-refractivity contribution >= 4 is 11.8 Å². The van der Waals surface area contributed by atoms with Gasteiger partial charge in [0.05, 0.1) is 12.8 Å². The molecule has 1 aromatic heterocycles. The van der Waals surface area contributed by atoms with Gasteiger partial charge in [0, 0.05) is 6.04 Å². The highest BCUT2D eigenvalue weighted by atomic mass is 16.4. The highest BCUT2D eigenvalue weighted by molar-refractivity contribution is 6.35. The van der Waals surface area contributed by atoms with Gasteiger partial charge in [0.2, 0.25) is 0 Å². The van der Waals surface area contributed by atoms with E-state index in [1.165, 1.54) is 13.2 Å². The van der Waals surface area contributed by atoms with E-state index in [0.29, 0.717) is 5.76 Å². The third-order valence-electron chi connectivity index (χ3n) is 3.54. The first-order chi connectivity index (χ1) is 9.49. The molecule has 1 aliphatic rings. The van der Waals surface area contributed by atoms with E-state index in [2.05, 4.69) is 10.6 Å². The first-order valence-electron chi connectivity index (χ1n) is 6.84. The first kappa shape index (κ1) is 14.6. The van der Waals surface area contributed by atoms with Gasteiger partial charge in [-0.2, -0.15) is 0 Å². The lowest BCUT2D eigenvalue weighted by atomic mass is 10.0. The number of hydrogen-bond acceptors (Lipinski definition) is 4. The van der Waals surface area contributed by atoms with Gasteiger partial charge in [0.1, 0.15) is 11.4 Å². The van der Waals surface area contributed by atoms with Crippen LogP contribution >= 0.6 is 0 Å². The van der Waals surface area contributed by atoms with Crippen LogP contribution in [0.25, 0.3) is 0 Å². The minimum atomic E-state index is -1.34. The molecule has 0 bridgehead atoms. The molecule has 0 spiro atoms. The van der Waals surface area contributed by atoms with Gasteiger partial charge in [-0.25, -0.2) is 0 Å². The second-order valence-corrected chi connectivity index (χ2v) is 5.39. The van der Waals surface area contributed by atoms with Crippen molar-refractivity contribution in [3.8, 4) is 0 Å². The molecule has 3 N–H and O–H groups in total. The van der Waals surface area contributed by atoms with E-state index >= 15 is 0 Å². The van der Waals surface area contributed by atoms with Gasteiger partial charge in [-0.3, -0.25) is 9.59 Å². The molecule has 2 amide bonds. The molecule has 6 nitrogen and oxygen atoms in total. The van der Waals surface area contributed by atoms with Crippen molar-refractivity contribution in [3.63, 3.8) is 0 Å². The number of amides is 2. The highest BCUT2D eigenvalue weighted by Gasteiger charge is 2.28. The number of carbonyl (C=O) groups excluding carboxylic acids is 2. The maximum Gasteiger partial charge on any atom is 0.309 e. The third-order valence-corrected chi connectivity index (χ3v) is 3.54. The number of rotatable bonds is 4. The fourth-order valence-corrected chi connectivity index (χ4v) is 2.33. The molecule has 1 unspecified atom stereocenters. The summed E-state index contributed by atoms with van der Waals surface area (Å²) in [5.74, 6) is -1.04. The van der Waals surface area contributed by atoms with E-state index in [9.17, 15) is 14.7 Å². The van der Waals surface area contributed by atoms with Crippen LogP contribution in [0.3, 0.4) is 0 Å². The highest BCUT2D eigenvalue weighted by Crippen LogP contribution is 2.20. The summed E-state index contributed by atoms with van der Waals surface area (Å²) in [5, 5.41) is 15.3. The van der Waals surface area contributed by atoms with Gasteiger partial charge in [0.25, 0.3) is 0 Å². The average molecular weight is 280 g/mol. The Hall–Kier alpha value is -1.82. The Balaban J connectivity index is 1.80. The molecular weight excluding hydrogens is 260 g/mol. The molecule has 2 rings (SSSR count). The average Bonchev–Trinajstić information content (AvgIpc) is 3.08. The summed E-state index contributed by atoms with van der Waals surface area (Å²) >= 11 is 0. The molecule has 110 valence electrons. The summed E-state index contributed by atoms with van der Waals surface area (Å²) in [6.45, 7) is 1.43. The van der Waals surface area contributed by atoms with Crippen molar-refractivity contribution in [2.24, 2.45) is 0 Å². The molecule has 1 heterocycles. The van der Waals surface area contributed by atoms with E-state index in [4.69, 9.17) is 4.42 Å². The molecule has 0 saturated heterocycles. The molecule has 0 aromatic carbocycles. The predicted octanol–water partition coefficient (Wildman–Crippen LogP) is 0.662. The Labute approximate surface area is 117 Å². The van der Waals surface area contributed by atoms with Gasteiger partial charge in [0.15, 0.2) is 0 Å². The van der Waals surface area contributed by atoms with Crippen molar-refractivity contribution in [2.45, 2.75) is 44.2 Å². The van der Waals surface area contributed by atoms with E-state index in [1.54, 1.807) is 12.1 Å². The number of carbonyl (C=O) groups is 2. The summed E-state index contributed by atoms with van der Waals surface area (Å²) in [5.41, 5.74) is -1.34. The predicted molar refractivity (Wildman–Crippen MR) is 71.7 cm³/mol. The van der Waals surface area contributed by atoms with Crippen molar-refractivity contribution in [1.82, 2.24) is 10.6 Å². The Bertz CT molecular complexity index is 462. The van der Waals surface area contributed by atoms with Crippen LogP contribution in [-0.2, 0) is 15.2 Å². The molecule has 1 atom stereocenters. The number of aliphatic hydroxyl groups is 1. The summed E-state index contributed by atoms with van der Waals surface area (Å²) in [6.07, 6.45) is 5.45. The SMILES string of the molecule is CC(O)(CNC(=O)C(=O)NC1CCCC1)c1ccco1. The van der Waals surface area contributed by atoms with Crippen LogP contribution in [-0.4, -0.2) is 29.5 Å². The van der Waals surface area contributed by atoms with Crippen LogP contribution in [0, 0.1) is 0 Å². The van der Waals surface area contributed by atoms with Gasteiger partial charge in [-0.15, -0.1) is 0 Å². The maximum atomic E-state index is 11.7. The Morgan fingerprint density at radius 1 is 1.40 bits per heavy atom. The van der Waals surface area contributed by atoms with Crippen molar-refractivity contribution in [1.29, 1.82) is 0 Å². The van der Waals surface area contributed by atoms with Gasteiger partial charge in [-0.1, -0.05) is 12.8 Å². The fraction of sp³-hybridized carbons (Fsp3) is 0.571. The van der Waals surface area contributed by atoms with Crippen LogP contribution in [0.2, 0.25) is 0 Å². The molecule has 1 aliphatic carbocycles. The molecule has 20 heavy (non-hydrogen) atoms. The van der Waals surface area contributed by atoms with Crippen molar-refractivity contribution in [2.75, 3.05) is 6.54 Å². The minimum absolute atomic E-state index is 0.0859. The summed E-state index contributed by atoms with van der Waals surface area (Å²) < 4.78 is 5.10. The topological polar surface area (TPSA) is 91.6 Å². The summed E-state index contributed by atoms with van der Waals surface area (Å²) in [4.78, 5) is 23.4. The monoisotopic (exact) mass is 280 g/mol. The zero-order valence-corrected chi connectivity index (χ0v) is 11.5. The van der Waals surface area contributed by atoms with Crippen LogP contribution < -0.4 is 10.6 Å². The van der Waals surface area contributed by atoms with Crippen LogP contribution in [0.1, 0.15) is 38.4 Å². The standard InChI is InChI=1S/C14H20N2O4/c1-14(19,11-7-4-8-20-11)9-15-12(17)13(18)16-10-5-2-3-6-10/h4,7-8,10,19H,2-3,5-6,9H2,1H3,(H,15,17)(H,16,18). The summed E-state index contributed by atoms with van der Waals surface area (Å²) in [6, 6.07) is 3.36. The van der Waals surface area contributed by atoms with Gasteiger partial charge >= 0.3 is 11.8 Å². The molecule has 1 saturated carbocycles. The first-order valence-corrected chi connectivity index (χ1v) is 6.84. The van der Waals surface area contributed by atoms with E-state index < -0.39 is 17.4 Å². The normalized spacial score (nSPS) is 18.5. The fourth-order valence-electron chi connectivity index (χ4n) is 2.33. The molecule has 6 heteroatoms. The maximum absolute atomic E-state index is 11.7. The van der Waals surface area contributed by atoms with Crippen LogP contribution in [0.5, 0.6) is 0 Å². The molecule has 1 aromatic rings. The number of hydrogen-bond donors (Lipinski definition) is 3. The quantitative estimate of drug-likeness (QED) is 0.707. The number of furan rings is 1. The lowest BCUT2D eigenvalue weighted by molar-refractivity contribution is -0.140. The Morgan fingerprint density at radius 2 is 2.10 bits per heavy atom. The molecule has 0 aliphatic heterocycles. The van der Waals surface area contributed by atoms with Crippen molar-refractivity contribution in [3.05, 3.63) is 24.2 Å². The second-order valence-electron chi connectivity index (χ2n) is 5.39.